The second-order valence-electron chi connectivity index (χ2n) is 8.86. The molecular weight excluding hydrogens is 450 g/mol. The maximum absolute atomic E-state index is 13.3. The van der Waals surface area contributed by atoms with Crippen LogP contribution in [0.2, 0.25) is 5.02 Å². The summed E-state index contributed by atoms with van der Waals surface area (Å²) >= 11 is 6.37. The number of carbonyl (C=O) groups excluding carboxylic acids is 1. The molecule has 1 aliphatic heterocycles. The molecule has 6 nitrogen and oxygen atoms in total. The molecule has 0 spiro atoms. The number of hydrogen-bond donors (Lipinski definition) is 2. The molecule has 2 N–H and O–H groups in total. The zero-order valence-corrected chi connectivity index (χ0v) is 20.8. The summed E-state index contributed by atoms with van der Waals surface area (Å²) in [5.41, 5.74) is 4.05. The number of unbranched alkanes of at least 4 members (excludes halogenated alkanes) is 3. The summed E-state index contributed by atoms with van der Waals surface area (Å²) in [4.78, 5) is 15.2. The fourth-order valence-electron chi connectivity index (χ4n) is 4.45. The van der Waals surface area contributed by atoms with Crippen LogP contribution < -0.4 is 4.74 Å². The SMILES string of the molecule is CCCCCOc1ccc(C2c3c(-c4cc(Cl)c(C)cc4O)n[nH]c3C(=O)N2CCCC)cc1. The first-order valence-corrected chi connectivity index (χ1v) is 12.5. The van der Waals surface area contributed by atoms with Crippen LogP contribution in [0.25, 0.3) is 11.3 Å². The second kappa shape index (κ2) is 10.5. The monoisotopic (exact) mass is 481 g/mol. The Morgan fingerprint density at radius 1 is 1.12 bits per heavy atom. The van der Waals surface area contributed by atoms with Crippen molar-refractivity contribution >= 4 is 17.5 Å². The van der Waals surface area contributed by atoms with E-state index in [1.165, 1.54) is 0 Å². The van der Waals surface area contributed by atoms with E-state index in [1.807, 2.05) is 36.1 Å². The van der Waals surface area contributed by atoms with E-state index in [0.717, 1.165) is 54.5 Å². The maximum atomic E-state index is 13.3. The fraction of sp³-hybridized carbons (Fsp3) is 0.407. The van der Waals surface area contributed by atoms with E-state index in [1.54, 1.807) is 12.1 Å². The van der Waals surface area contributed by atoms with Crippen LogP contribution in [-0.2, 0) is 0 Å². The van der Waals surface area contributed by atoms with E-state index in [9.17, 15) is 9.90 Å². The minimum Gasteiger partial charge on any atom is -0.507 e. The Morgan fingerprint density at radius 2 is 1.85 bits per heavy atom. The molecule has 1 unspecified atom stereocenters. The summed E-state index contributed by atoms with van der Waals surface area (Å²) in [5, 5.41) is 18.6. The van der Waals surface area contributed by atoms with Crippen molar-refractivity contribution in [2.45, 2.75) is 58.9 Å². The Morgan fingerprint density at radius 3 is 2.56 bits per heavy atom. The van der Waals surface area contributed by atoms with E-state index in [4.69, 9.17) is 16.3 Å². The number of amides is 1. The van der Waals surface area contributed by atoms with Gasteiger partial charge >= 0.3 is 0 Å². The van der Waals surface area contributed by atoms with E-state index in [-0.39, 0.29) is 17.7 Å². The average molecular weight is 482 g/mol. The number of carbonyl (C=O) groups is 1. The van der Waals surface area contributed by atoms with Crippen LogP contribution >= 0.6 is 11.6 Å². The van der Waals surface area contributed by atoms with Gasteiger partial charge in [-0.05, 0) is 55.2 Å². The molecule has 180 valence electrons. The number of aromatic amines is 1. The molecule has 0 saturated heterocycles. The molecule has 1 aliphatic rings. The maximum Gasteiger partial charge on any atom is 0.273 e. The molecule has 3 aromatic rings. The van der Waals surface area contributed by atoms with Gasteiger partial charge in [0.15, 0.2) is 0 Å². The number of phenols is 1. The third-order valence-electron chi connectivity index (χ3n) is 6.36. The lowest BCUT2D eigenvalue weighted by Gasteiger charge is -2.26. The van der Waals surface area contributed by atoms with Gasteiger partial charge in [-0.1, -0.05) is 56.8 Å². The Balaban J connectivity index is 1.73. The number of rotatable bonds is 10. The first-order valence-electron chi connectivity index (χ1n) is 12.1. The van der Waals surface area contributed by atoms with Crippen molar-refractivity contribution in [3.8, 4) is 22.8 Å². The van der Waals surface area contributed by atoms with Crippen LogP contribution in [0.4, 0.5) is 0 Å². The van der Waals surface area contributed by atoms with Gasteiger partial charge in [0.2, 0.25) is 0 Å². The lowest BCUT2D eigenvalue weighted by molar-refractivity contribution is 0.0741. The first-order chi connectivity index (χ1) is 16.5. The predicted octanol–water partition coefficient (Wildman–Crippen LogP) is 6.66. The van der Waals surface area contributed by atoms with Gasteiger partial charge in [-0.2, -0.15) is 5.10 Å². The molecule has 1 atom stereocenters. The molecule has 0 fully saturated rings. The van der Waals surface area contributed by atoms with Gasteiger partial charge in [-0.15, -0.1) is 0 Å². The van der Waals surface area contributed by atoms with Crippen molar-refractivity contribution in [2.75, 3.05) is 13.2 Å². The van der Waals surface area contributed by atoms with Crippen LogP contribution in [0.5, 0.6) is 11.5 Å². The topological polar surface area (TPSA) is 78.5 Å². The van der Waals surface area contributed by atoms with Gasteiger partial charge in [0.1, 0.15) is 22.9 Å². The third-order valence-corrected chi connectivity index (χ3v) is 6.77. The normalized spacial score (nSPS) is 15.1. The summed E-state index contributed by atoms with van der Waals surface area (Å²) in [5.74, 6) is 0.829. The van der Waals surface area contributed by atoms with Gasteiger partial charge in [0.25, 0.3) is 5.91 Å². The summed E-state index contributed by atoms with van der Waals surface area (Å²) in [7, 11) is 0. The molecule has 34 heavy (non-hydrogen) atoms. The number of halogens is 1. The van der Waals surface area contributed by atoms with Crippen LogP contribution in [0.15, 0.2) is 36.4 Å². The van der Waals surface area contributed by atoms with E-state index < -0.39 is 0 Å². The number of phenolic OH excluding ortho intramolecular Hbond substituents is 1. The van der Waals surface area contributed by atoms with Crippen LogP contribution in [0.1, 0.15) is 79.2 Å². The van der Waals surface area contributed by atoms with Crippen molar-refractivity contribution in [1.29, 1.82) is 0 Å². The van der Waals surface area contributed by atoms with E-state index in [2.05, 4.69) is 24.0 Å². The molecule has 1 aromatic heterocycles. The quantitative estimate of drug-likeness (QED) is 0.317. The third kappa shape index (κ3) is 4.64. The van der Waals surface area contributed by atoms with Crippen molar-refractivity contribution in [3.05, 3.63) is 63.8 Å². The minimum atomic E-state index is -0.309. The Bertz CT molecular complexity index is 1160. The molecule has 0 aliphatic carbocycles. The summed E-state index contributed by atoms with van der Waals surface area (Å²) in [6.45, 7) is 7.45. The summed E-state index contributed by atoms with van der Waals surface area (Å²) in [6, 6.07) is 11.0. The molecule has 2 aromatic carbocycles. The Kier molecular flexibility index (Phi) is 7.47. The van der Waals surface area contributed by atoms with Gasteiger partial charge in [-0.3, -0.25) is 9.89 Å². The van der Waals surface area contributed by atoms with Gasteiger partial charge in [0.05, 0.1) is 12.6 Å². The van der Waals surface area contributed by atoms with Crippen LogP contribution in [0.3, 0.4) is 0 Å². The van der Waals surface area contributed by atoms with Gasteiger partial charge in [0, 0.05) is 22.7 Å². The molecular formula is C27H32ClN3O3. The van der Waals surface area contributed by atoms with Gasteiger partial charge in [-0.25, -0.2) is 0 Å². The number of benzene rings is 2. The van der Waals surface area contributed by atoms with Crippen molar-refractivity contribution in [2.24, 2.45) is 0 Å². The molecule has 4 rings (SSSR count). The largest absolute Gasteiger partial charge is 0.507 e. The number of aromatic nitrogens is 2. The fourth-order valence-corrected chi connectivity index (χ4v) is 4.62. The molecule has 0 radical (unpaired) electrons. The number of hydrogen-bond acceptors (Lipinski definition) is 4. The highest BCUT2D eigenvalue weighted by molar-refractivity contribution is 6.31. The number of aryl methyl sites for hydroxylation is 1. The number of H-pyrrole nitrogens is 1. The van der Waals surface area contributed by atoms with E-state index in [0.29, 0.717) is 35.1 Å². The standard InChI is InChI=1S/C27H32ClN3O3/c1-4-6-8-14-34-19-11-9-18(10-12-19)26-23-24(20-16-21(28)17(3)15-22(20)32)29-30-25(23)27(33)31(26)13-7-5-2/h9-12,15-16,26,32H,4-8,13-14H2,1-3H3,(H,29,30). The average Bonchev–Trinajstić information content (AvgIpc) is 3.37. The Labute approximate surface area is 205 Å². The molecule has 1 amide bonds. The first kappa shape index (κ1) is 24.1. The lowest BCUT2D eigenvalue weighted by Crippen LogP contribution is -2.30. The van der Waals surface area contributed by atoms with Crippen molar-refractivity contribution < 1.29 is 14.6 Å². The van der Waals surface area contributed by atoms with Crippen LogP contribution in [-0.4, -0.2) is 39.3 Å². The van der Waals surface area contributed by atoms with E-state index >= 15 is 0 Å². The number of nitrogens with zero attached hydrogens (tertiary/aromatic N) is 2. The summed E-state index contributed by atoms with van der Waals surface area (Å²) < 4.78 is 5.88. The van der Waals surface area contributed by atoms with Crippen molar-refractivity contribution in [3.63, 3.8) is 0 Å². The minimum absolute atomic E-state index is 0.0789. The smallest absolute Gasteiger partial charge is 0.273 e. The highest BCUT2D eigenvalue weighted by Gasteiger charge is 2.42. The lowest BCUT2D eigenvalue weighted by atomic mass is 9.95. The molecule has 2 heterocycles. The van der Waals surface area contributed by atoms with Crippen LogP contribution in [0, 0.1) is 6.92 Å². The highest BCUT2D eigenvalue weighted by Crippen LogP contribution is 2.45. The molecule has 0 saturated carbocycles. The number of nitrogens with one attached hydrogen (secondary N) is 1. The zero-order valence-electron chi connectivity index (χ0n) is 20.0. The second-order valence-corrected chi connectivity index (χ2v) is 9.27. The molecule has 0 bridgehead atoms. The number of fused-ring (bicyclic) bond motifs is 1. The Hall–Kier alpha value is -2.99. The van der Waals surface area contributed by atoms with Crippen molar-refractivity contribution in [1.82, 2.24) is 15.1 Å². The van der Waals surface area contributed by atoms with Gasteiger partial charge < -0.3 is 14.7 Å². The highest BCUT2D eigenvalue weighted by atomic mass is 35.5. The zero-order chi connectivity index (χ0) is 24.2. The summed E-state index contributed by atoms with van der Waals surface area (Å²) in [6.07, 6.45) is 5.22. The predicted molar refractivity (Wildman–Crippen MR) is 135 cm³/mol. The number of aromatic hydroxyl groups is 1. The number of ether oxygens (including phenoxy) is 1. The molecule has 7 heteroatoms.